The topological polar surface area (TPSA) is 85.1 Å². The Morgan fingerprint density at radius 3 is 1.95 bits per heavy atom. The molecule has 7 nitrogen and oxygen atoms in total. The number of rotatable bonds is 12. The standard InChI is InChI=1S/C15H31N3O4/c1-17(2)9-5-11-21-14(19)8-7-13(16)15(20)22-12-6-10-18(3)4/h13H,5-12,16H2,1-4H3/t13-/m0/s1. The van der Waals surface area contributed by atoms with Crippen molar-refractivity contribution in [2.24, 2.45) is 5.73 Å². The first-order valence-corrected chi connectivity index (χ1v) is 7.70. The summed E-state index contributed by atoms with van der Waals surface area (Å²) in [5, 5.41) is 0. The molecule has 0 aromatic carbocycles. The lowest BCUT2D eigenvalue weighted by molar-refractivity contribution is -0.146. The molecule has 22 heavy (non-hydrogen) atoms. The molecular weight excluding hydrogens is 286 g/mol. The van der Waals surface area contributed by atoms with Gasteiger partial charge in [-0.3, -0.25) is 9.59 Å². The Balaban J connectivity index is 3.66. The number of carbonyl (C=O) groups excluding carboxylic acids is 2. The van der Waals surface area contributed by atoms with Crippen molar-refractivity contribution in [3.63, 3.8) is 0 Å². The smallest absolute Gasteiger partial charge is 0.322 e. The minimum absolute atomic E-state index is 0.135. The molecule has 7 heteroatoms. The third kappa shape index (κ3) is 12.6. The third-order valence-electron chi connectivity index (χ3n) is 2.97. The highest BCUT2D eigenvalue weighted by molar-refractivity contribution is 5.77. The summed E-state index contributed by atoms with van der Waals surface area (Å²) in [6.45, 7) is 2.45. The normalized spacial score (nSPS) is 12.5. The Morgan fingerprint density at radius 2 is 1.45 bits per heavy atom. The highest BCUT2D eigenvalue weighted by atomic mass is 16.5. The molecule has 0 aliphatic rings. The maximum Gasteiger partial charge on any atom is 0.322 e. The van der Waals surface area contributed by atoms with Crippen LogP contribution in [0.15, 0.2) is 0 Å². The van der Waals surface area contributed by atoms with Crippen LogP contribution in [-0.2, 0) is 19.1 Å². The molecule has 0 aliphatic heterocycles. The molecule has 0 spiro atoms. The molecule has 130 valence electrons. The van der Waals surface area contributed by atoms with Crippen molar-refractivity contribution >= 4 is 11.9 Å². The number of ether oxygens (including phenoxy) is 2. The molecule has 0 heterocycles. The van der Waals surface area contributed by atoms with Crippen molar-refractivity contribution in [2.75, 3.05) is 54.5 Å². The number of carbonyl (C=O) groups is 2. The highest BCUT2D eigenvalue weighted by Crippen LogP contribution is 2.01. The molecule has 2 N–H and O–H groups in total. The second-order valence-corrected chi connectivity index (χ2v) is 5.85. The van der Waals surface area contributed by atoms with E-state index in [4.69, 9.17) is 15.2 Å². The molecule has 0 aromatic heterocycles. The Kier molecular flexibility index (Phi) is 11.7. The predicted octanol–water partition coefficient (Wildman–Crippen LogP) is 0.0837. The van der Waals surface area contributed by atoms with Crippen LogP contribution in [0.1, 0.15) is 25.7 Å². The van der Waals surface area contributed by atoms with Crippen LogP contribution in [0.2, 0.25) is 0 Å². The molecule has 0 aromatic rings. The van der Waals surface area contributed by atoms with Crippen LogP contribution in [0.5, 0.6) is 0 Å². The minimum atomic E-state index is -0.770. The zero-order valence-corrected chi connectivity index (χ0v) is 14.3. The molecule has 0 bridgehead atoms. The number of hydrogen-bond acceptors (Lipinski definition) is 7. The van der Waals surface area contributed by atoms with Crippen molar-refractivity contribution < 1.29 is 19.1 Å². The van der Waals surface area contributed by atoms with E-state index in [1.165, 1.54) is 0 Å². The Hall–Kier alpha value is -1.18. The van der Waals surface area contributed by atoms with Crippen LogP contribution in [0.4, 0.5) is 0 Å². The van der Waals surface area contributed by atoms with Gasteiger partial charge in [-0.2, -0.15) is 0 Å². The SMILES string of the molecule is CN(C)CCCOC(=O)CC[C@H](N)C(=O)OCCCN(C)C. The van der Waals surface area contributed by atoms with Gasteiger partial charge in [-0.05, 0) is 47.5 Å². The molecule has 0 aliphatic carbocycles. The van der Waals surface area contributed by atoms with Gasteiger partial charge >= 0.3 is 11.9 Å². The largest absolute Gasteiger partial charge is 0.466 e. The molecule has 0 saturated heterocycles. The lowest BCUT2D eigenvalue weighted by Crippen LogP contribution is -2.33. The Morgan fingerprint density at radius 1 is 0.955 bits per heavy atom. The van der Waals surface area contributed by atoms with Gasteiger partial charge in [0.25, 0.3) is 0 Å². The monoisotopic (exact) mass is 317 g/mol. The summed E-state index contributed by atoms with van der Waals surface area (Å²) in [7, 11) is 7.84. The van der Waals surface area contributed by atoms with E-state index in [9.17, 15) is 9.59 Å². The number of nitrogens with zero attached hydrogens (tertiary/aromatic N) is 2. The first-order chi connectivity index (χ1) is 10.3. The molecule has 0 unspecified atom stereocenters. The summed E-state index contributed by atoms with van der Waals surface area (Å²) in [6.07, 6.45) is 1.94. The van der Waals surface area contributed by atoms with Gasteiger partial charge in [0.15, 0.2) is 0 Å². The summed E-state index contributed by atoms with van der Waals surface area (Å²) in [4.78, 5) is 27.2. The zero-order valence-electron chi connectivity index (χ0n) is 14.3. The van der Waals surface area contributed by atoms with Gasteiger partial charge in [0.2, 0.25) is 0 Å². The van der Waals surface area contributed by atoms with E-state index in [0.717, 1.165) is 25.9 Å². The molecule has 1 atom stereocenters. The summed E-state index contributed by atoms with van der Waals surface area (Å²) in [5.74, 6) is -0.784. The second kappa shape index (κ2) is 12.4. The molecule has 0 fully saturated rings. The van der Waals surface area contributed by atoms with Crippen LogP contribution in [0.3, 0.4) is 0 Å². The quantitative estimate of drug-likeness (QED) is 0.403. The highest BCUT2D eigenvalue weighted by Gasteiger charge is 2.17. The van der Waals surface area contributed by atoms with Gasteiger partial charge in [0.05, 0.1) is 13.2 Å². The van der Waals surface area contributed by atoms with Gasteiger partial charge in [0, 0.05) is 19.5 Å². The summed E-state index contributed by atoms with van der Waals surface area (Å²) < 4.78 is 10.1. The molecule has 0 radical (unpaired) electrons. The van der Waals surface area contributed by atoms with Crippen LogP contribution in [0.25, 0.3) is 0 Å². The Labute approximate surface area is 133 Å². The minimum Gasteiger partial charge on any atom is -0.466 e. The average molecular weight is 317 g/mol. The Bertz CT molecular complexity index is 322. The first kappa shape index (κ1) is 20.8. The zero-order chi connectivity index (χ0) is 17.0. The first-order valence-electron chi connectivity index (χ1n) is 7.70. The van der Waals surface area contributed by atoms with E-state index in [0.29, 0.717) is 13.2 Å². The second-order valence-electron chi connectivity index (χ2n) is 5.85. The fourth-order valence-electron chi connectivity index (χ4n) is 1.69. The van der Waals surface area contributed by atoms with E-state index in [1.807, 2.05) is 38.0 Å². The molecular formula is C15H31N3O4. The lowest BCUT2D eigenvalue weighted by Gasteiger charge is -2.13. The van der Waals surface area contributed by atoms with E-state index in [2.05, 4.69) is 0 Å². The van der Waals surface area contributed by atoms with Crippen LogP contribution in [0, 0.1) is 0 Å². The van der Waals surface area contributed by atoms with E-state index in [1.54, 1.807) is 0 Å². The molecule has 0 rings (SSSR count). The van der Waals surface area contributed by atoms with E-state index >= 15 is 0 Å². The summed E-state index contributed by atoms with van der Waals surface area (Å²) >= 11 is 0. The van der Waals surface area contributed by atoms with Crippen molar-refractivity contribution in [3.05, 3.63) is 0 Å². The summed E-state index contributed by atoms with van der Waals surface area (Å²) in [6, 6.07) is -0.770. The fourth-order valence-corrected chi connectivity index (χ4v) is 1.69. The maximum atomic E-state index is 11.6. The van der Waals surface area contributed by atoms with Gasteiger partial charge < -0.3 is 25.0 Å². The van der Waals surface area contributed by atoms with Gasteiger partial charge in [-0.15, -0.1) is 0 Å². The van der Waals surface area contributed by atoms with Crippen molar-refractivity contribution in [1.29, 1.82) is 0 Å². The van der Waals surface area contributed by atoms with Gasteiger partial charge in [-0.25, -0.2) is 0 Å². The average Bonchev–Trinajstić information content (AvgIpc) is 2.44. The van der Waals surface area contributed by atoms with Crippen molar-refractivity contribution in [1.82, 2.24) is 9.80 Å². The van der Waals surface area contributed by atoms with Crippen molar-refractivity contribution in [3.8, 4) is 0 Å². The lowest BCUT2D eigenvalue weighted by atomic mass is 10.2. The number of esters is 2. The van der Waals surface area contributed by atoms with Gasteiger partial charge in [0.1, 0.15) is 6.04 Å². The van der Waals surface area contributed by atoms with Crippen molar-refractivity contribution in [2.45, 2.75) is 31.7 Å². The number of nitrogens with two attached hydrogens (primary N) is 1. The molecule has 0 saturated carbocycles. The fraction of sp³-hybridized carbons (Fsp3) is 0.867. The molecule has 0 amide bonds. The van der Waals surface area contributed by atoms with Crippen LogP contribution < -0.4 is 5.73 Å². The van der Waals surface area contributed by atoms with Gasteiger partial charge in [-0.1, -0.05) is 0 Å². The number of hydrogen-bond donors (Lipinski definition) is 1. The predicted molar refractivity (Wildman–Crippen MR) is 85.5 cm³/mol. The third-order valence-corrected chi connectivity index (χ3v) is 2.97. The van der Waals surface area contributed by atoms with Crippen LogP contribution in [-0.4, -0.2) is 82.3 Å². The van der Waals surface area contributed by atoms with E-state index < -0.39 is 12.0 Å². The van der Waals surface area contributed by atoms with E-state index in [-0.39, 0.29) is 18.8 Å². The van der Waals surface area contributed by atoms with Crippen LogP contribution >= 0.6 is 0 Å². The summed E-state index contributed by atoms with van der Waals surface area (Å²) in [5.41, 5.74) is 5.70. The maximum absolute atomic E-state index is 11.6.